The van der Waals surface area contributed by atoms with Gasteiger partial charge < -0.3 is 19.6 Å². The number of likely N-dealkylation sites (tertiary alicyclic amines) is 1. The lowest BCUT2D eigenvalue weighted by atomic mass is 9.92. The first-order valence-corrected chi connectivity index (χ1v) is 7.86. The molecule has 0 unspecified atom stereocenters. The summed E-state index contributed by atoms with van der Waals surface area (Å²) in [6.45, 7) is 6.78. The number of hydrogen-bond donors (Lipinski definition) is 1. The second-order valence-corrected chi connectivity index (χ2v) is 6.31. The van der Waals surface area contributed by atoms with Crippen LogP contribution >= 0.6 is 0 Å². The smallest absolute Gasteiger partial charge is 0.320 e. The molecule has 0 aromatic rings. The van der Waals surface area contributed by atoms with Crippen molar-refractivity contribution in [1.29, 1.82) is 0 Å². The minimum absolute atomic E-state index is 0.0887. The Hall–Kier alpha value is -1.30. The zero-order valence-electron chi connectivity index (χ0n) is 13.0. The number of piperidine rings is 1. The average molecular weight is 298 g/mol. The van der Waals surface area contributed by atoms with Crippen molar-refractivity contribution < 1.29 is 19.4 Å². The Morgan fingerprint density at radius 1 is 1.10 bits per heavy atom. The van der Waals surface area contributed by atoms with Crippen molar-refractivity contribution in [2.75, 3.05) is 26.2 Å². The van der Waals surface area contributed by atoms with Gasteiger partial charge in [-0.25, -0.2) is 4.79 Å². The molecule has 0 spiro atoms. The number of urea groups is 1. The van der Waals surface area contributed by atoms with E-state index >= 15 is 0 Å². The topological polar surface area (TPSA) is 70.1 Å². The van der Waals surface area contributed by atoms with Gasteiger partial charge in [0.05, 0.1) is 12.2 Å². The number of hydrogen-bond acceptors (Lipinski definition) is 3. The molecule has 0 aliphatic carbocycles. The predicted octanol–water partition coefficient (Wildman–Crippen LogP) is 1.79. The Morgan fingerprint density at radius 3 is 2.19 bits per heavy atom. The fourth-order valence-corrected chi connectivity index (χ4v) is 3.27. The number of carboxylic acid groups (broad SMARTS) is 1. The fraction of sp³-hybridized carbons (Fsp3) is 0.867. The molecular formula is C15H26N2O4. The van der Waals surface area contributed by atoms with E-state index < -0.39 is 5.97 Å². The SMILES string of the molecule is C[C@@H]1CN(C(=O)N2CCC(CCC(=O)O)CC2)C[C@H](C)O1. The summed E-state index contributed by atoms with van der Waals surface area (Å²) in [5, 5.41) is 8.72. The summed E-state index contributed by atoms with van der Waals surface area (Å²) in [5.74, 6) is -0.294. The minimum Gasteiger partial charge on any atom is -0.481 e. The monoisotopic (exact) mass is 298 g/mol. The van der Waals surface area contributed by atoms with Crippen molar-refractivity contribution in [2.45, 2.75) is 51.7 Å². The summed E-state index contributed by atoms with van der Waals surface area (Å²) < 4.78 is 5.66. The van der Waals surface area contributed by atoms with Gasteiger partial charge in [0.25, 0.3) is 0 Å². The van der Waals surface area contributed by atoms with E-state index in [-0.39, 0.29) is 24.7 Å². The maximum atomic E-state index is 12.5. The van der Waals surface area contributed by atoms with Crippen LogP contribution in [0.4, 0.5) is 4.79 Å². The van der Waals surface area contributed by atoms with Crippen LogP contribution in [0.25, 0.3) is 0 Å². The Labute approximate surface area is 126 Å². The molecule has 0 saturated carbocycles. The number of nitrogens with zero attached hydrogens (tertiary/aromatic N) is 2. The molecule has 2 fully saturated rings. The minimum atomic E-state index is -0.732. The number of carboxylic acids is 1. The molecule has 2 aliphatic rings. The molecule has 2 saturated heterocycles. The van der Waals surface area contributed by atoms with Gasteiger partial charge in [-0.2, -0.15) is 0 Å². The lowest BCUT2D eigenvalue weighted by molar-refractivity contribution is -0.137. The van der Waals surface area contributed by atoms with Gasteiger partial charge in [-0.1, -0.05) is 0 Å². The molecule has 1 N–H and O–H groups in total. The summed E-state index contributed by atoms with van der Waals surface area (Å²) in [6, 6.07) is 0.105. The zero-order valence-corrected chi connectivity index (χ0v) is 13.0. The van der Waals surface area contributed by atoms with E-state index in [2.05, 4.69) is 0 Å². The van der Waals surface area contributed by atoms with Crippen LogP contribution in [0.1, 0.15) is 39.5 Å². The van der Waals surface area contributed by atoms with Gasteiger partial charge in [0, 0.05) is 32.6 Å². The molecule has 21 heavy (non-hydrogen) atoms. The molecule has 2 atom stereocenters. The molecule has 6 heteroatoms. The van der Waals surface area contributed by atoms with Gasteiger partial charge in [-0.3, -0.25) is 4.79 Å². The second-order valence-electron chi connectivity index (χ2n) is 6.31. The standard InChI is InChI=1S/C15H26N2O4/c1-11-9-17(10-12(2)21-11)15(20)16-7-5-13(6-8-16)3-4-14(18)19/h11-13H,3-10H2,1-2H3,(H,18,19)/t11-,12+. The van der Waals surface area contributed by atoms with Crippen LogP contribution in [0.5, 0.6) is 0 Å². The Morgan fingerprint density at radius 2 is 1.67 bits per heavy atom. The molecule has 2 amide bonds. The van der Waals surface area contributed by atoms with Gasteiger partial charge in [0.2, 0.25) is 0 Å². The van der Waals surface area contributed by atoms with Crippen molar-refractivity contribution in [1.82, 2.24) is 9.80 Å². The third-order valence-corrected chi connectivity index (χ3v) is 4.34. The lowest BCUT2D eigenvalue weighted by Crippen LogP contribution is -2.54. The second kappa shape index (κ2) is 7.11. The molecule has 2 rings (SSSR count). The summed E-state index contributed by atoms with van der Waals surface area (Å²) >= 11 is 0. The van der Waals surface area contributed by atoms with Gasteiger partial charge in [-0.15, -0.1) is 0 Å². The van der Waals surface area contributed by atoms with Crippen LogP contribution in [0, 0.1) is 5.92 Å². The van der Waals surface area contributed by atoms with Crippen LogP contribution in [0.2, 0.25) is 0 Å². The highest BCUT2D eigenvalue weighted by Crippen LogP contribution is 2.23. The normalized spacial score (nSPS) is 27.7. The molecule has 2 heterocycles. The van der Waals surface area contributed by atoms with E-state index in [9.17, 15) is 9.59 Å². The van der Waals surface area contributed by atoms with E-state index in [1.807, 2.05) is 23.6 Å². The molecule has 0 bridgehead atoms. The van der Waals surface area contributed by atoms with Crippen LogP contribution in [-0.2, 0) is 9.53 Å². The van der Waals surface area contributed by atoms with Crippen molar-refractivity contribution in [3.63, 3.8) is 0 Å². The van der Waals surface area contributed by atoms with E-state index in [0.717, 1.165) is 32.4 Å². The van der Waals surface area contributed by atoms with E-state index in [1.54, 1.807) is 0 Å². The van der Waals surface area contributed by atoms with Crippen LogP contribution in [0.3, 0.4) is 0 Å². The molecular weight excluding hydrogens is 272 g/mol. The van der Waals surface area contributed by atoms with Gasteiger partial charge >= 0.3 is 12.0 Å². The maximum Gasteiger partial charge on any atom is 0.320 e. The number of amides is 2. The molecule has 0 aromatic heterocycles. The number of carbonyl (C=O) groups excluding carboxylic acids is 1. The van der Waals surface area contributed by atoms with Gasteiger partial charge in [0.15, 0.2) is 0 Å². The maximum absolute atomic E-state index is 12.5. The van der Waals surface area contributed by atoms with Gasteiger partial charge in [0.1, 0.15) is 0 Å². The molecule has 120 valence electrons. The lowest BCUT2D eigenvalue weighted by Gasteiger charge is -2.40. The van der Waals surface area contributed by atoms with Crippen molar-refractivity contribution in [3.05, 3.63) is 0 Å². The van der Waals surface area contributed by atoms with Crippen LogP contribution < -0.4 is 0 Å². The number of aliphatic carboxylic acids is 1. The zero-order chi connectivity index (χ0) is 15.4. The molecule has 2 aliphatic heterocycles. The van der Waals surface area contributed by atoms with Crippen LogP contribution in [-0.4, -0.2) is 65.3 Å². The highest BCUT2D eigenvalue weighted by atomic mass is 16.5. The van der Waals surface area contributed by atoms with Crippen molar-refractivity contribution in [3.8, 4) is 0 Å². The van der Waals surface area contributed by atoms with Crippen molar-refractivity contribution in [2.24, 2.45) is 5.92 Å². The fourth-order valence-electron chi connectivity index (χ4n) is 3.27. The first kappa shape index (κ1) is 16.1. The van der Waals surface area contributed by atoms with Crippen LogP contribution in [0.15, 0.2) is 0 Å². The van der Waals surface area contributed by atoms with Gasteiger partial charge in [-0.05, 0) is 39.0 Å². The van der Waals surface area contributed by atoms with E-state index in [1.165, 1.54) is 0 Å². The summed E-state index contributed by atoms with van der Waals surface area (Å²) in [6.07, 6.45) is 2.96. The average Bonchev–Trinajstić information content (AvgIpc) is 2.44. The summed E-state index contributed by atoms with van der Waals surface area (Å²) in [7, 11) is 0. The molecule has 0 aromatic carbocycles. The number of morpholine rings is 1. The van der Waals surface area contributed by atoms with E-state index in [4.69, 9.17) is 9.84 Å². The third-order valence-electron chi connectivity index (χ3n) is 4.34. The molecule has 6 nitrogen and oxygen atoms in total. The van der Waals surface area contributed by atoms with Crippen molar-refractivity contribution >= 4 is 12.0 Å². The Balaban J connectivity index is 1.78. The highest BCUT2D eigenvalue weighted by molar-refractivity contribution is 5.74. The van der Waals surface area contributed by atoms with E-state index in [0.29, 0.717) is 19.0 Å². The third kappa shape index (κ3) is 4.59. The summed E-state index contributed by atoms with van der Waals surface area (Å²) in [4.78, 5) is 26.9. The Kier molecular flexibility index (Phi) is 5.45. The summed E-state index contributed by atoms with van der Waals surface area (Å²) in [5.41, 5.74) is 0. The first-order chi connectivity index (χ1) is 9.95. The first-order valence-electron chi connectivity index (χ1n) is 7.86. The Bertz CT molecular complexity index is 370. The molecule has 0 radical (unpaired) electrons. The predicted molar refractivity (Wildman–Crippen MR) is 78.1 cm³/mol. The quantitative estimate of drug-likeness (QED) is 0.862. The largest absolute Gasteiger partial charge is 0.481 e. The number of rotatable bonds is 3. The number of ether oxygens (including phenoxy) is 1. The number of carbonyl (C=O) groups is 2. The highest BCUT2D eigenvalue weighted by Gasteiger charge is 2.31.